The Hall–Kier alpha value is -2.04. The number of nitrogens with zero attached hydrogens (tertiary/aromatic N) is 3. The summed E-state index contributed by atoms with van der Waals surface area (Å²) >= 11 is 0. The van der Waals surface area contributed by atoms with Gasteiger partial charge >= 0.3 is 0 Å². The van der Waals surface area contributed by atoms with E-state index in [1.807, 2.05) is 30.9 Å². The summed E-state index contributed by atoms with van der Waals surface area (Å²) in [4.78, 5) is 2.04. The lowest BCUT2D eigenvalue weighted by molar-refractivity contribution is 0.240. The van der Waals surface area contributed by atoms with Crippen molar-refractivity contribution in [3.05, 3.63) is 29.3 Å². The molecule has 0 bridgehead atoms. The van der Waals surface area contributed by atoms with Crippen molar-refractivity contribution < 1.29 is 4.74 Å². The van der Waals surface area contributed by atoms with Gasteiger partial charge in [0.15, 0.2) is 0 Å². The molecule has 4 heteroatoms. The molecule has 1 rings (SSSR count). The molecule has 1 aromatic carbocycles. The first kappa shape index (κ1) is 14.0. The zero-order valence-corrected chi connectivity index (χ0v) is 11.0. The normalized spacial score (nSPS) is 10.2. The third kappa shape index (κ3) is 3.48. The average molecular weight is 243 g/mol. The molecule has 0 heterocycles. The Bertz CT molecular complexity index is 483. The van der Waals surface area contributed by atoms with Crippen LogP contribution in [0.1, 0.15) is 25.0 Å². The molecule has 0 fully saturated rings. The van der Waals surface area contributed by atoms with Crippen LogP contribution in [0.3, 0.4) is 0 Å². The molecule has 0 N–H and O–H groups in total. The molecule has 1 aromatic rings. The summed E-state index contributed by atoms with van der Waals surface area (Å²) in [6.45, 7) is 5.13. The fraction of sp³-hybridized carbons (Fsp3) is 0.429. The second kappa shape index (κ2) is 6.64. The van der Waals surface area contributed by atoms with Crippen LogP contribution in [0.4, 0.5) is 0 Å². The second-order valence-electron chi connectivity index (χ2n) is 4.30. The fourth-order valence-corrected chi connectivity index (χ4v) is 1.69. The molecular formula is C14H17N3O. The molecule has 0 unspecified atom stereocenters. The minimum Gasteiger partial charge on any atom is -0.495 e. The highest BCUT2D eigenvalue weighted by molar-refractivity contribution is 5.45. The Kier molecular flexibility index (Phi) is 5.17. The van der Waals surface area contributed by atoms with Crippen LogP contribution in [0.5, 0.6) is 5.75 Å². The summed E-state index contributed by atoms with van der Waals surface area (Å²) in [7, 11) is 1.55. The van der Waals surface area contributed by atoms with E-state index in [1.165, 1.54) is 0 Å². The van der Waals surface area contributed by atoms with Crippen LogP contribution in [0.25, 0.3) is 0 Å². The lowest BCUT2D eigenvalue weighted by Gasteiger charge is -2.23. The van der Waals surface area contributed by atoms with Gasteiger partial charge in [-0.05, 0) is 31.5 Å². The third-order valence-electron chi connectivity index (χ3n) is 2.77. The Morgan fingerprint density at radius 3 is 2.56 bits per heavy atom. The maximum atomic E-state index is 9.02. The maximum Gasteiger partial charge on any atom is 0.136 e. The van der Waals surface area contributed by atoms with Gasteiger partial charge in [0.1, 0.15) is 11.8 Å². The highest BCUT2D eigenvalue weighted by Crippen LogP contribution is 2.20. The van der Waals surface area contributed by atoms with Crippen LogP contribution in [0, 0.1) is 22.7 Å². The molecule has 0 aliphatic heterocycles. The Balaban J connectivity index is 2.91. The number of benzene rings is 1. The van der Waals surface area contributed by atoms with Gasteiger partial charge in [0.25, 0.3) is 0 Å². The number of methoxy groups -OCH3 is 1. The van der Waals surface area contributed by atoms with E-state index >= 15 is 0 Å². The van der Waals surface area contributed by atoms with E-state index in [0.29, 0.717) is 24.4 Å². The lowest BCUT2D eigenvalue weighted by atomic mass is 10.1. The first-order valence-electron chi connectivity index (χ1n) is 5.80. The number of rotatable bonds is 5. The van der Waals surface area contributed by atoms with Gasteiger partial charge in [-0.2, -0.15) is 10.5 Å². The van der Waals surface area contributed by atoms with Crippen LogP contribution < -0.4 is 4.74 Å². The van der Waals surface area contributed by atoms with E-state index in [-0.39, 0.29) is 6.04 Å². The smallest absolute Gasteiger partial charge is 0.136 e. The minimum atomic E-state index is 0.289. The van der Waals surface area contributed by atoms with Crippen molar-refractivity contribution in [2.45, 2.75) is 26.4 Å². The molecule has 0 saturated heterocycles. The summed E-state index contributed by atoms with van der Waals surface area (Å²) in [6, 6.07) is 10.1. The molecule has 0 aromatic heterocycles. The largest absolute Gasteiger partial charge is 0.495 e. The van der Waals surface area contributed by atoms with Gasteiger partial charge in [0.05, 0.1) is 25.3 Å². The van der Waals surface area contributed by atoms with Gasteiger partial charge in [-0.1, -0.05) is 6.07 Å². The van der Waals surface area contributed by atoms with Crippen molar-refractivity contribution in [1.82, 2.24) is 4.90 Å². The zero-order chi connectivity index (χ0) is 13.5. The van der Waals surface area contributed by atoms with Crippen molar-refractivity contribution in [3.8, 4) is 17.9 Å². The molecule has 4 nitrogen and oxygen atoms in total. The molecule has 0 saturated carbocycles. The summed E-state index contributed by atoms with van der Waals surface area (Å²) in [5.41, 5.74) is 1.53. The number of hydrogen-bond acceptors (Lipinski definition) is 4. The Labute approximate surface area is 108 Å². The molecule has 18 heavy (non-hydrogen) atoms. The van der Waals surface area contributed by atoms with Gasteiger partial charge in [-0.15, -0.1) is 0 Å². The van der Waals surface area contributed by atoms with Crippen LogP contribution in [0.15, 0.2) is 18.2 Å². The molecule has 0 amide bonds. The molecule has 0 radical (unpaired) electrons. The van der Waals surface area contributed by atoms with Crippen LogP contribution in [-0.4, -0.2) is 24.6 Å². The van der Waals surface area contributed by atoms with Crippen molar-refractivity contribution in [3.63, 3.8) is 0 Å². The van der Waals surface area contributed by atoms with E-state index in [9.17, 15) is 0 Å². The van der Waals surface area contributed by atoms with E-state index in [1.54, 1.807) is 13.2 Å². The van der Waals surface area contributed by atoms with E-state index < -0.39 is 0 Å². The molecule has 0 spiro atoms. The first-order valence-corrected chi connectivity index (χ1v) is 5.80. The predicted octanol–water partition coefficient (Wildman–Crippen LogP) is 2.30. The van der Waals surface area contributed by atoms with Crippen LogP contribution in [-0.2, 0) is 6.54 Å². The van der Waals surface area contributed by atoms with Gasteiger partial charge in [-0.25, -0.2) is 0 Å². The number of hydrogen-bond donors (Lipinski definition) is 0. The average Bonchev–Trinajstić information content (AvgIpc) is 2.37. The van der Waals surface area contributed by atoms with Gasteiger partial charge in [0.2, 0.25) is 0 Å². The van der Waals surface area contributed by atoms with Crippen molar-refractivity contribution in [1.29, 1.82) is 10.5 Å². The van der Waals surface area contributed by atoms with Crippen LogP contribution >= 0.6 is 0 Å². The monoisotopic (exact) mass is 243 g/mol. The molecule has 94 valence electrons. The van der Waals surface area contributed by atoms with Gasteiger partial charge in [-0.3, -0.25) is 4.90 Å². The van der Waals surface area contributed by atoms with E-state index in [0.717, 1.165) is 5.56 Å². The molecule has 0 aliphatic carbocycles. The van der Waals surface area contributed by atoms with Crippen molar-refractivity contribution in [2.75, 3.05) is 13.7 Å². The van der Waals surface area contributed by atoms with Crippen molar-refractivity contribution in [2.24, 2.45) is 0 Å². The topological polar surface area (TPSA) is 60.0 Å². The van der Waals surface area contributed by atoms with Crippen molar-refractivity contribution >= 4 is 0 Å². The summed E-state index contributed by atoms with van der Waals surface area (Å²) < 4.78 is 5.10. The quantitative estimate of drug-likeness (QED) is 0.744. The summed E-state index contributed by atoms with van der Waals surface area (Å²) in [5.74, 6) is 0.581. The highest BCUT2D eigenvalue weighted by atomic mass is 16.5. The summed E-state index contributed by atoms with van der Waals surface area (Å²) in [6.07, 6.45) is 0. The highest BCUT2D eigenvalue weighted by Gasteiger charge is 2.11. The first-order chi connectivity index (χ1) is 8.62. The van der Waals surface area contributed by atoms with Crippen LogP contribution in [0.2, 0.25) is 0 Å². The SMILES string of the molecule is COc1ccc(CN(CC#N)C(C)C)cc1C#N. The Morgan fingerprint density at radius 2 is 2.06 bits per heavy atom. The minimum absolute atomic E-state index is 0.289. The fourth-order valence-electron chi connectivity index (χ4n) is 1.69. The lowest BCUT2D eigenvalue weighted by Crippen LogP contribution is -2.30. The molecular weight excluding hydrogens is 226 g/mol. The van der Waals surface area contributed by atoms with Gasteiger partial charge in [0, 0.05) is 12.6 Å². The Morgan fingerprint density at radius 1 is 1.33 bits per heavy atom. The zero-order valence-electron chi connectivity index (χ0n) is 11.0. The molecule has 0 aliphatic rings. The number of nitriles is 2. The summed E-state index contributed by atoms with van der Waals surface area (Å²) in [5, 5.41) is 17.8. The number of ether oxygens (including phenoxy) is 1. The molecule has 0 atom stereocenters. The second-order valence-corrected chi connectivity index (χ2v) is 4.30. The maximum absolute atomic E-state index is 9.02. The predicted molar refractivity (Wildman–Crippen MR) is 68.9 cm³/mol. The van der Waals surface area contributed by atoms with E-state index in [4.69, 9.17) is 15.3 Å². The third-order valence-corrected chi connectivity index (χ3v) is 2.77. The van der Waals surface area contributed by atoms with Gasteiger partial charge < -0.3 is 4.74 Å². The standard InChI is InChI=1S/C14H17N3O/c1-11(2)17(7-6-15)10-12-4-5-14(18-3)13(8-12)9-16/h4-5,8,11H,7,10H2,1-3H3. The van der Waals surface area contributed by atoms with E-state index in [2.05, 4.69) is 12.1 Å².